The SMILES string of the molecule is CCc1occc1C(NC)c1cccc(C)c1. The minimum absolute atomic E-state index is 0.212. The average Bonchev–Trinajstić information content (AvgIpc) is 2.78. The molecule has 2 heteroatoms. The van der Waals surface area contributed by atoms with E-state index in [0.717, 1.165) is 12.2 Å². The molecule has 1 aromatic carbocycles. The molecule has 2 rings (SSSR count). The Hall–Kier alpha value is -1.54. The van der Waals surface area contributed by atoms with Gasteiger partial charge in [-0.3, -0.25) is 0 Å². The molecule has 1 N–H and O–H groups in total. The fraction of sp³-hybridized carbons (Fsp3) is 0.333. The van der Waals surface area contributed by atoms with Crippen molar-refractivity contribution >= 4 is 0 Å². The van der Waals surface area contributed by atoms with Crippen LogP contribution in [0.3, 0.4) is 0 Å². The molecule has 0 saturated carbocycles. The summed E-state index contributed by atoms with van der Waals surface area (Å²) in [6, 6.07) is 10.9. The van der Waals surface area contributed by atoms with Gasteiger partial charge in [-0.2, -0.15) is 0 Å². The summed E-state index contributed by atoms with van der Waals surface area (Å²) in [4.78, 5) is 0. The lowest BCUT2D eigenvalue weighted by atomic mass is 9.97. The smallest absolute Gasteiger partial charge is 0.108 e. The second kappa shape index (κ2) is 5.19. The number of nitrogens with one attached hydrogen (secondary N) is 1. The molecule has 1 heterocycles. The monoisotopic (exact) mass is 229 g/mol. The molecule has 17 heavy (non-hydrogen) atoms. The summed E-state index contributed by atoms with van der Waals surface area (Å²) in [6.45, 7) is 4.23. The quantitative estimate of drug-likeness (QED) is 0.868. The zero-order chi connectivity index (χ0) is 12.3. The molecule has 0 radical (unpaired) electrons. The first-order valence-electron chi connectivity index (χ1n) is 6.06. The number of hydrogen-bond donors (Lipinski definition) is 1. The maximum Gasteiger partial charge on any atom is 0.108 e. The fourth-order valence-electron chi connectivity index (χ4n) is 2.25. The third kappa shape index (κ3) is 2.42. The minimum Gasteiger partial charge on any atom is -0.469 e. The van der Waals surface area contributed by atoms with Crippen LogP contribution in [0.5, 0.6) is 0 Å². The Morgan fingerprint density at radius 1 is 1.29 bits per heavy atom. The third-order valence-corrected chi connectivity index (χ3v) is 3.08. The normalized spacial score (nSPS) is 12.6. The molecule has 1 unspecified atom stereocenters. The van der Waals surface area contributed by atoms with Crippen molar-refractivity contribution in [2.24, 2.45) is 0 Å². The lowest BCUT2D eigenvalue weighted by Crippen LogP contribution is -2.18. The van der Waals surface area contributed by atoms with E-state index in [9.17, 15) is 0 Å². The highest BCUT2D eigenvalue weighted by Gasteiger charge is 2.17. The lowest BCUT2D eigenvalue weighted by molar-refractivity contribution is 0.505. The Bertz CT molecular complexity index is 487. The van der Waals surface area contributed by atoms with Gasteiger partial charge in [0.1, 0.15) is 5.76 Å². The van der Waals surface area contributed by atoms with Gasteiger partial charge in [0.15, 0.2) is 0 Å². The van der Waals surface area contributed by atoms with Crippen LogP contribution >= 0.6 is 0 Å². The molecule has 0 aliphatic heterocycles. The van der Waals surface area contributed by atoms with E-state index in [0.29, 0.717) is 0 Å². The van der Waals surface area contributed by atoms with Gasteiger partial charge in [-0.15, -0.1) is 0 Å². The van der Waals surface area contributed by atoms with Crippen molar-refractivity contribution in [1.82, 2.24) is 5.32 Å². The van der Waals surface area contributed by atoms with Crippen molar-refractivity contribution in [1.29, 1.82) is 0 Å². The predicted molar refractivity (Wildman–Crippen MR) is 70.2 cm³/mol. The molecular weight excluding hydrogens is 210 g/mol. The molecular formula is C15H19NO. The van der Waals surface area contributed by atoms with Crippen LogP contribution in [0.4, 0.5) is 0 Å². The predicted octanol–water partition coefficient (Wildman–Crippen LogP) is 3.46. The van der Waals surface area contributed by atoms with Crippen molar-refractivity contribution < 1.29 is 4.42 Å². The van der Waals surface area contributed by atoms with Crippen LogP contribution in [0, 0.1) is 6.92 Å². The Balaban J connectivity index is 2.40. The number of furan rings is 1. The number of rotatable bonds is 4. The summed E-state index contributed by atoms with van der Waals surface area (Å²) in [5, 5.41) is 3.36. The fourth-order valence-corrected chi connectivity index (χ4v) is 2.25. The summed E-state index contributed by atoms with van der Waals surface area (Å²) < 4.78 is 5.51. The van der Waals surface area contributed by atoms with Gasteiger partial charge in [-0.1, -0.05) is 36.8 Å². The van der Waals surface area contributed by atoms with E-state index in [4.69, 9.17) is 4.42 Å². The van der Waals surface area contributed by atoms with Crippen LogP contribution in [0.1, 0.15) is 35.4 Å². The van der Waals surface area contributed by atoms with Gasteiger partial charge in [0, 0.05) is 12.0 Å². The zero-order valence-electron chi connectivity index (χ0n) is 10.7. The molecule has 2 nitrogen and oxygen atoms in total. The van der Waals surface area contributed by atoms with Crippen molar-refractivity contribution in [2.45, 2.75) is 26.3 Å². The molecule has 0 aliphatic carbocycles. The molecule has 0 amide bonds. The van der Waals surface area contributed by atoms with Crippen molar-refractivity contribution in [3.8, 4) is 0 Å². The van der Waals surface area contributed by atoms with E-state index in [1.807, 2.05) is 7.05 Å². The summed E-state index contributed by atoms with van der Waals surface area (Å²) in [7, 11) is 1.99. The second-order valence-electron chi connectivity index (χ2n) is 4.29. The Morgan fingerprint density at radius 2 is 2.12 bits per heavy atom. The van der Waals surface area contributed by atoms with Gasteiger partial charge in [-0.05, 0) is 25.6 Å². The average molecular weight is 229 g/mol. The molecule has 2 aromatic rings. The highest BCUT2D eigenvalue weighted by Crippen LogP contribution is 2.26. The van der Waals surface area contributed by atoms with Crippen LogP contribution in [-0.2, 0) is 6.42 Å². The summed E-state index contributed by atoms with van der Waals surface area (Å²) in [5.41, 5.74) is 3.80. The minimum atomic E-state index is 0.212. The third-order valence-electron chi connectivity index (χ3n) is 3.08. The van der Waals surface area contributed by atoms with E-state index in [1.165, 1.54) is 16.7 Å². The van der Waals surface area contributed by atoms with Gasteiger partial charge in [0.05, 0.1) is 12.3 Å². The van der Waals surface area contributed by atoms with Crippen LogP contribution in [0.15, 0.2) is 41.0 Å². The van der Waals surface area contributed by atoms with Crippen LogP contribution in [0.25, 0.3) is 0 Å². The van der Waals surface area contributed by atoms with Crippen LogP contribution < -0.4 is 5.32 Å². The number of aryl methyl sites for hydroxylation is 2. The second-order valence-corrected chi connectivity index (χ2v) is 4.29. The molecule has 0 saturated heterocycles. The lowest BCUT2D eigenvalue weighted by Gasteiger charge is -2.17. The molecule has 1 atom stereocenters. The van der Waals surface area contributed by atoms with Crippen molar-refractivity contribution in [3.63, 3.8) is 0 Å². The van der Waals surface area contributed by atoms with E-state index in [2.05, 4.69) is 49.5 Å². The molecule has 0 aliphatic rings. The van der Waals surface area contributed by atoms with E-state index < -0.39 is 0 Å². The van der Waals surface area contributed by atoms with Gasteiger partial charge >= 0.3 is 0 Å². The van der Waals surface area contributed by atoms with Crippen LogP contribution in [-0.4, -0.2) is 7.05 Å². The standard InChI is InChI=1S/C15H19NO/c1-4-14-13(8-9-17-14)15(16-3)12-7-5-6-11(2)10-12/h5-10,15-16H,4H2,1-3H3. The van der Waals surface area contributed by atoms with E-state index in [1.54, 1.807) is 6.26 Å². The van der Waals surface area contributed by atoms with Gasteiger partial charge in [0.2, 0.25) is 0 Å². The first-order chi connectivity index (χ1) is 8.26. The van der Waals surface area contributed by atoms with Gasteiger partial charge in [-0.25, -0.2) is 0 Å². The highest BCUT2D eigenvalue weighted by atomic mass is 16.3. The van der Waals surface area contributed by atoms with Crippen molar-refractivity contribution in [2.75, 3.05) is 7.05 Å². The molecule has 0 bridgehead atoms. The molecule has 1 aromatic heterocycles. The Morgan fingerprint density at radius 3 is 2.76 bits per heavy atom. The first-order valence-corrected chi connectivity index (χ1v) is 6.06. The van der Waals surface area contributed by atoms with Gasteiger partial charge < -0.3 is 9.73 Å². The number of hydrogen-bond acceptors (Lipinski definition) is 2. The van der Waals surface area contributed by atoms with E-state index in [-0.39, 0.29) is 6.04 Å². The highest BCUT2D eigenvalue weighted by molar-refractivity contribution is 5.35. The van der Waals surface area contributed by atoms with Crippen LogP contribution in [0.2, 0.25) is 0 Å². The Kier molecular flexibility index (Phi) is 3.64. The largest absolute Gasteiger partial charge is 0.469 e. The Labute approximate surface area is 103 Å². The summed E-state index contributed by atoms with van der Waals surface area (Å²) >= 11 is 0. The first kappa shape index (κ1) is 11.9. The summed E-state index contributed by atoms with van der Waals surface area (Å²) in [6.07, 6.45) is 2.70. The van der Waals surface area contributed by atoms with Crippen molar-refractivity contribution in [3.05, 3.63) is 59.0 Å². The molecule has 90 valence electrons. The topological polar surface area (TPSA) is 25.2 Å². The summed E-state index contributed by atoms with van der Waals surface area (Å²) in [5.74, 6) is 1.06. The molecule has 0 fully saturated rings. The zero-order valence-corrected chi connectivity index (χ0v) is 10.7. The van der Waals surface area contributed by atoms with Gasteiger partial charge in [0.25, 0.3) is 0 Å². The maximum atomic E-state index is 5.51. The maximum absolute atomic E-state index is 5.51. The number of benzene rings is 1. The van der Waals surface area contributed by atoms with E-state index >= 15 is 0 Å². The molecule has 0 spiro atoms.